The number of anilines is 2. The Morgan fingerprint density at radius 3 is 2.59 bits per heavy atom. The van der Waals surface area contributed by atoms with Gasteiger partial charge in [0.2, 0.25) is 11.9 Å². The lowest BCUT2D eigenvalue weighted by molar-refractivity contribution is 0.874. The molecule has 0 aliphatic heterocycles. The second-order valence-corrected chi connectivity index (χ2v) is 4.42. The molecule has 2 N–H and O–H groups in total. The van der Waals surface area contributed by atoms with Crippen LogP contribution in [0.25, 0.3) is 5.69 Å². The number of nitrogen functional groups attached to an aromatic ring is 1. The van der Waals surface area contributed by atoms with Crippen LogP contribution in [-0.2, 0) is 0 Å². The van der Waals surface area contributed by atoms with Gasteiger partial charge in [-0.1, -0.05) is 17.7 Å². The molecule has 1 heterocycles. The van der Waals surface area contributed by atoms with Gasteiger partial charge in [-0.3, -0.25) is 0 Å². The first-order chi connectivity index (χ1) is 7.99. The van der Waals surface area contributed by atoms with Gasteiger partial charge >= 0.3 is 0 Å². The fourth-order valence-electron chi connectivity index (χ4n) is 1.41. The molecule has 0 spiro atoms. The molecule has 0 fully saturated rings. The van der Waals surface area contributed by atoms with Crippen molar-refractivity contribution in [3.05, 3.63) is 28.8 Å². The molecule has 0 saturated heterocycles. The van der Waals surface area contributed by atoms with Crippen LogP contribution in [-0.4, -0.2) is 28.9 Å². The van der Waals surface area contributed by atoms with Crippen LogP contribution in [0.2, 0.25) is 5.02 Å². The van der Waals surface area contributed by atoms with Gasteiger partial charge in [-0.05, 0) is 24.6 Å². The molecule has 0 aliphatic rings. The number of aryl methyl sites for hydroxylation is 1. The van der Waals surface area contributed by atoms with Crippen LogP contribution in [0, 0.1) is 6.92 Å². The third kappa shape index (κ3) is 2.19. The summed E-state index contributed by atoms with van der Waals surface area (Å²) in [5, 5.41) is 4.98. The summed E-state index contributed by atoms with van der Waals surface area (Å²) < 4.78 is 1.57. The molecule has 2 aromatic rings. The quantitative estimate of drug-likeness (QED) is 0.885. The SMILES string of the molecule is Cc1ccc(-n2nc(N(C)C)nc2N)cc1Cl. The second-order valence-electron chi connectivity index (χ2n) is 4.01. The third-order valence-corrected chi connectivity index (χ3v) is 2.83. The summed E-state index contributed by atoms with van der Waals surface area (Å²) in [6.45, 7) is 1.95. The van der Waals surface area contributed by atoms with Crippen LogP contribution in [0.4, 0.5) is 11.9 Å². The minimum Gasteiger partial charge on any atom is -0.368 e. The lowest BCUT2D eigenvalue weighted by Gasteiger charge is -2.06. The van der Waals surface area contributed by atoms with Crippen molar-refractivity contribution in [1.29, 1.82) is 0 Å². The maximum absolute atomic E-state index is 6.07. The summed E-state index contributed by atoms with van der Waals surface area (Å²) in [6.07, 6.45) is 0. The average Bonchev–Trinajstić information content (AvgIpc) is 2.65. The Bertz CT molecular complexity index is 547. The highest BCUT2D eigenvalue weighted by molar-refractivity contribution is 6.31. The van der Waals surface area contributed by atoms with Crippen molar-refractivity contribution in [1.82, 2.24) is 14.8 Å². The summed E-state index contributed by atoms with van der Waals surface area (Å²) in [6, 6.07) is 5.65. The van der Waals surface area contributed by atoms with E-state index >= 15 is 0 Å². The van der Waals surface area contributed by atoms with Gasteiger partial charge in [0.15, 0.2) is 0 Å². The minimum absolute atomic E-state index is 0.341. The highest BCUT2D eigenvalue weighted by atomic mass is 35.5. The van der Waals surface area contributed by atoms with Gasteiger partial charge in [0.05, 0.1) is 5.69 Å². The van der Waals surface area contributed by atoms with Crippen molar-refractivity contribution in [2.24, 2.45) is 0 Å². The maximum Gasteiger partial charge on any atom is 0.246 e. The van der Waals surface area contributed by atoms with E-state index in [1.165, 1.54) is 0 Å². The number of benzene rings is 1. The van der Waals surface area contributed by atoms with Crippen LogP contribution < -0.4 is 10.6 Å². The predicted octanol–water partition coefficient (Wildman–Crippen LogP) is 1.88. The average molecular weight is 252 g/mol. The van der Waals surface area contributed by atoms with Gasteiger partial charge in [-0.15, -0.1) is 5.10 Å². The first kappa shape index (κ1) is 11.7. The molecular formula is C11H14ClN5. The summed E-state index contributed by atoms with van der Waals surface area (Å²) in [5.41, 5.74) is 7.64. The van der Waals surface area contributed by atoms with Crippen molar-refractivity contribution in [2.75, 3.05) is 24.7 Å². The Labute approximate surface area is 105 Å². The number of nitrogens with zero attached hydrogens (tertiary/aromatic N) is 4. The Hall–Kier alpha value is -1.75. The standard InChI is InChI=1S/C11H14ClN5/c1-7-4-5-8(6-9(7)12)17-10(13)14-11(15-17)16(2)3/h4-6H,1-3H3,(H2,13,14,15). The van der Waals surface area contributed by atoms with E-state index in [1.807, 2.05) is 39.2 Å². The Morgan fingerprint density at radius 1 is 1.35 bits per heavy atom. The second kappa shape index (κ2) is 4.25. The fourth-order valence-corrected chi connectivity index (χ4v) is 1.58. The Balaban J connectivity index is 2.49. The predicted molar refractivity (Wildman–Crippen MR) is 69.8 cm³/mol. The molecule has 1 aromatic heterocycles. The van der Waals surface area contributed by atoms with Gasteiger partial charge in [0, 0.05) is 19.1 Å². The van der Waals surface area contributed by atoms with Crippen molar-refractivity contribution < 1.29 is 0 Å². The monoisotopic (exact) mass is 251 g/mol. The molecule has 0 amide bonds. The highest BCUT2D eigenvalue weighted by Crippen LogP contribution is 2.21. The molecule has 17 heavy (non-hydrogen) atoms. The molecule has 0 saturated carbocycles. The van der Waals surface area contributed by atoms with E-state index < -0.39 is 0 Å². The number of hydrogen-bond acceptors (Lipinski definition) is 4. The molecule has 6 heteroatoms. The van der Waals surface area contributed by atoms with E-state index in [9.17, 15) is 0 Å². The maximum atomic E-state index is 6.07. The van der Waals surface area contributed by atoms with Crippen molar-refractivity contribution in [3.63, 3.8) is 0 Å². The first-order valence-electron chi connectivity index (χ1n) is 5.15. The van der Waals surface area contributed by atoms with Crippen LogP contribution in [0.1, 0.15) is 5.56 Å². The normalized spacial score (nSPS) is 10.6. The van der Waals surface area contributed by atoms with Crippen molar-refractivity contribution in [2.45, 2.75) is 6.92 Å². The Kier molecular flexibility index (Phi) is 2.93. The van der Waals surface area contributed by atoms with Crippen molar-refractivity contribution >= 4 is 23.5 Å². The number of halogens is 1. The molecule has 1 aromatic carbocycles. The molecule has 2 rings (SSSR count). The van der Waals surface area contributed by atoms with Crippen LogP contribution in [0.15, 0.2) is 18.2 Å². The van der Waals surface area contributed by atoms with Gasteiger partial charge in [-0.25, -0.2) is 0 Å². The summed E-state index contributed by atoms with van der Waals surface area (Å²) in [5.74, 6) is 0.910. The first-order valence-corrected chi connectivity index (χ1v) is 5.53. The number of rotatable bonds is 2. The molecule has 0 radical (unpaired) electrons. The zero-order valence-electron chi connectivity index (χ0n) is 9.98. The zero-order valence-corrected chi connectivity index (χ0v) is 10.7. The fraction of sp³-hybridized carbons (Fsp3) is 0.273. The molecule has 0 aliphatic carbocycles. The summed E-state index contributed by atoms with van der Waals surface area (Å²) >= 11 is 6.07. The molecule has 90 valence electrons. The van der Waals surface area contributed by atoms with E-state index in [0.717, 1.165) is 11.3 Å². The summed E-state index contributed by atoms with van der Waals surface area (Å²) in [4.78, 5) is 5.95. The number of hydrogen-bond donors (Lipinski definition) is 1. The van der Waals surface area contributed by atoms with E-state index in [4.69, 9.17) is 17.3 Å². The molecule has 0 unspecified atom stereocenters. The molecular weight excluding hydrogens is 238 g/mol. The number of aromatic nitrogens is 3. The van der Waals surface area contributed by atoms with E-state index in [0.29, 0.717) is 16.9 Å². The molecule has 5 nitrogen and oxygen atoms in total. The minimum atomic E-state index is 0.341. The third-order valence-electron chi connectivity index (χ3n) is 2.42. The van der Waals surface area contributed by atoms with Crippen LogP contribution >= 0.6 is 11.6 Å². The Morgan fingerprint density at radius 2 is 2.06 bits per heavy atom. The van der Waals surface area contributed by atoms with Gasteiger partial charge in [0.25, 0.3) is 0 Å². The van der Waals surface area contributed by atoms with Crippen molar-refractivity contribution in [3.8, 4) is 5.69 Å². The van der Waals surface area contributed by atoms with Gasteiger partial charge in [0.1, 0.15) is 0 Å². The van der Waals surface area contributed by atoms with E-state index in [-0.39, 0.29) is 0 Å². The molecule has 0 bridgehead atoms. The van der Waals surface area contributed by atoms with Gasteiger partial charge in [-0.2, -0.15) is 9.67 Å². The zero-order chi connectivity index (χ0) is 12.6. The lowest BCUT2D eigenvalue weighted by Crippen LogP contribution is -2.10. The molecule has 0 atom stereocenters. The lowest BCUT2D eigenvalue weighted by atomic mass is 10.2. The van der Waals surface area contributed by atoms with Crippen LogP contribution in [0.5, 0.6) is 0 Å². The largest absolute Gasteiger partial charge is 0.368 e. The van der Waals surface area contributed by atoms with Gasteiger partial charge < -0.3 is 10.6 Å². The van der Waals surface area contributed by atoms with E-state index in [1.54, 1.807) is 9.58 Å². The smallest absolute Gasteiger partial charge is 0.246 e. The van der Waals surface area contributed by atoms with E-state index in [2.05, 4.69) is 10.1 Å². The topological polar surface area (TPSA) is 60.0 Å². The summed E-state index contributed by atoms with van der Waals surface area (Å²) in [7, 11) is 3.72. The highest BCUT2D eigenvalue weighted by Gasteiger charge is 2.10. The van der Waals surface area contributed by atoms with Crippen LogP contribution in [0.3, 0.4) is 0 Å². The number of nitrogens with two attached hydrogens (primary N) is 1.